The van der Waals surface area contributed by atoms with E-state index in [2.05, 4.69) is 15.6 Å². The Morgan fingerprint density at radius 1 is 1.26 bits per heavy atom. The highest BCUT2D eigenvalue weighted by atomic mass is 19.4. The van der Waals surface area contributed by atoms with Crippen molar-refractivity contribution in [2.24, 2.45) is 10.9 Å². The summed E-state index contributed by atoms with van der Waals surface area (Å²) in [5, 5.41) is 6.41. The summed E-state index contributed by atoms with van der Waals surface area (Å²) in [4.78, 5) is 5.99. The maximum absolute atomic E-state index is 12.5. The van der Waals surface area contributed by atoms with Gasteiger partial charge in [0.25, 0.3) is 0 Å². The quantitative estimate of drug-likeness (QED) is 0.389. The zero-order valence-corrected chi connectivity index (χ0v) is 15.8. The normalized spacial score (nSPS) is 18.5. The molecule has 1 atom stereocenters. The minimum absolute atomic E-state index is 0.171. The van der Waals surface area contributed by atoms with Crippen molar-refractivity contribution in [3.05, 3.63) is 30.3 Å². The third-order valence-electron chi connectivity index (χ3n) is 4.25. The lowest BCUT2D eigenvalue weighted by Gasteiger charge is -2.17. The van der Waals surface area contributed by atoms with Gasteiger partial charge in [0.1, 0.15) is 5.75 Å². The van der Waals surface area contributed by atoms with Crippen LogP contribution in [0.1, 0.15) is 19.8 Å². The Labute approximate surface area is 159 Å². The van der Waals surface area contributed by atoms with Gasteiger partial charge in [-0.1, -0.05) is 18.2 Å². The highest BCUT2D eigenvalue weighted by Crippen LogP contribution is 2.22. The van der Waals surface area contributed by atoms with E-state index in [0.717, 1.165) is 25.1 Å². The van der Waals surface area contributed by atoms with Crippen LogP contribution in [0.25, 0.3) is 0 Å². The van der Waals surface area contributed by atoms with E-state index in [1.807, 2.05) is 37.3 Å². The molecule has 1 fully saturated rings. The van der Waals surface area contributed by atoms with Crippen LogP contribution in [0.15, 0.2) is 35.3 Å². The molecule has 0 amide bonds. The fourth-order valence-corrected chi connectivity index (χ4v) is 3.01. The van der Waals surface area contributed by atoms with E-state index in [9.17, 15) is 13.2 Å². The molecule has 1 heterocycles. The highest BCUT2D eigenvalue weighted by molar-refractivity contribution is 5.79. The van der Waals surface area contributed by atoms with Gasteiger partial charge in [0, 0.05) is 26.2 Å². The van der Waals surface area contributed by atoms with Crippen LogP contribution in [0, 0.1) is 5.92 Å². The predicted octanol–water partition coefficient (Wildman–Crippen LogP) is 2.89. The summed E-state index contributed by atoms with van der Waals surface area (Å²) in [6.45, 7) is 4.67. The van der Waals surface area contributed by atoms with Crippen LogP contribution in [0.3, 0.4) is 0 Å². The van der Waals surface area contributed by atoms with Crippen molar-refractivity contribution in [2.75, 3.05) is 45.9 Å². The number of para-hydroxylation sites is 1. The van der Waals surface area contributed by atoms with Crippen LogP contribution in [-0.2, 0) is 0 Å². The lowest BCUT2D eigenvalue weighted by atomic mass is 10.1. The first-order chi connectivity index (χ1) is 13.0. The number of rotatable bonds is 9. The monoisotopic (exact) mass is 386 g/mol. The molecule has 0 bridgehead atoms. The first kappa shape index (κ1) is 21.3. The second kappa shape index (κ2) is 11.0. The third-order valence-corrected chi connectivity index (χ3v) is 4.25. The van der Waals surface area contributed by atoms with Gasteiger partial charge in [-0.15, -0.1) is 0 Å². The minimum atomic E-state index is -4.13. The fourth-order valence-electron chi connectivity index (χ4n) is 3.01. The van der Waals surface area contributed by atoms with Gasteiger partial charge in [0.2, 0.25) is 0 Å². The molecule has 0 radical (unpaired) electrons. The molecular formula is C19H29F3N4O. The lowest BCUT2D eigenvalue weighted by molar-refractivity contribution is -0.143. The second-order valence-corrected chi connectivity index (χ2v) is 6.67. The molecule has 0 aliphatic carbocycles. The van der Waals surface area contributed by atoms with Crippen molar-refractivity contribution in [1.82, 2.24) is 15.5 Å². The molecule has 1 aliphatic heterocycles. The average Bonchev–Trinajstić information content (AvgIpc) is 3.05. The molecule has 5 nitrogen and oxygen atoms in total. The average molecular weight is 386 g/mol. The smallest absolute Gasteiger partial charge is 0.401 e. The molecule has 1 aromatic carbocycles. The second-order valence-electron chi connectivity index (χ2n) is 6.67. The Morgan fingerprint density at radius 3 is 2.74 bits per heavy atom. The third kappa shape index (κ3) is 8.99. The van der Waals surface area contributed by atoms with E-state index in [1.54, 1.807) is 0 Å². The molecule has 8 heteroatoms. The zero-order chi connectivity index (χ0) is 19.5. The Morgan fingerprint density at radius 2 is 2.04 bits per heavy atom. The lowest BCUT2D eigenvalue weighted by Crippen LogP contribution is -2.38. The zero-order valence-electron chi connectivity index (χ0n) is 15.8. The summed E-state index contributed by atoms with van der Waals surface area (Å²) >= 11 is 0. The van der Waals surface area contributed by atoms with E-state index in [4.69, 9.17) is 4.74 Å². The van der Waals surface area contributed by atoms with Gasteiger partial charge in [-0.05, 0) is 44.4 Å². The number of hydrogen-bond donors (Lipinski definition) is 2. The summed E-state index contributed by atoms with van der Waals surface area (Å²) in [5.74, 6) is 1.72. The number of benzene rings is 1. The van der Waals surface area contributed by atoms with E-state index in [0.29, 0.717) is 38.7 Å². The van der Waals surface area contributed by atoms with Gasteiger partial charge in [0.05, 0.1) is 13.2 Å². The number of nitrogens with zero attached hydrogens (tertiary/aromatic N) is 2. The summed E-state index contributed by atoms with van der Waals surface area (Å²) in [6.07, 6.45) is -2.55. The summed E-state index contributed by atoms with van der Waals surface area (Å²) in [7, 11) is 0. The number of ether oxygens (including phenoxy) is 1. The van der Waals surface area contributed by atoms with Crippen molar-refractivity contribution >= 4 is 5.96 Å². The van der Waals surface area contributed by atoms with Crippen molar-refractivity contribution in [1.29, 1.82) is 0 Å². The number of aliphatic imine (C=N–C) groups is 1. The Hall–Kier alpha value is -1.96. The molecule has 152 valence electrons. The first-order valence-corrected chi connectivity index (χ1v) is 9.45. The standard InChI is InChI=1S/C19H29F3N4O/c1-2-23-18(24-10-6-12-27-17-7-4-3-5-8-17)25-13-16-9-11-26(14-16)15-19(20,21)22/h3-5,7-8,16H,2,6,9-15H2,1H3,(H2,23,24,25). The highest BCUT2D eigenvalue weighted by Gasteiger charge is 2.34. The van der Waals surface area contributed by atoms with Crippen LogP contribution in [0.2, 0.25) is 0 Å². The summed E-state index contributed by atoms with van der Waals surface area (Å²) in [6, 6.07) is 9.65. The van der Waals surface area contributed by atoms with Gasteiger partial charge in [-0.25, -0.2) is 0 Å². The van der Waals surface area contributed by atoms with Gasteiger partial charge in [-0.2, -0.15) is 13.2 Å². The van der Waals surface area contributed by atoms with Crippen molar-refractivity contribution in [3.8, 4) is 5.75 Å². The van der Waals surface area contributed by atoms with Crippen molar-refractivity contribution in [2.45, 2.75) is 25.9 Å². The number of likely N-dealkylation sites (tertiary alicyclic amines) is 1. The Bertz CT molecular complexity index is 566. The van der Waals surface area contributed by atoms with Crippen molar-refractivity contribution in [3.63, 3.8) is 0 Å². The summed E-state index contributed by atoms with van der Waals surface area (Å²) in [5.41, 5.74) is 0. The molecule has 0 aromatic heterocycles. The van der Waals surface area contributed by atoms with Crippen molar-refractivity contribution < 1.29 is 17.9 Å². The number of halogens is 3. The summed E-state index contributed by atoms with van der Waals surface area (Å²) < 4.78 is 43.0. The minimum Gasteiger partial charge on any atom is -0.494 e. The van der Waals surface area contributed by atoms with Crippen LogP contribution in [0.5, 0.6) is 5.75 Å². The van der Waals surface area contributed by atoms with Gasteiger partial charge in [0.15, 0.2) is 5.96 Å². The number of alkyl halides is 3. The van der Waals surface area contributed by atoms with Crippen LogP contribution >= 0.6 is 0 Å². The first-order valence-electron chi connectivity index (χ1n) is 9.45. The molecule has 2 rings (SSSR count). The number of nitrogens with one attached hydrogen (secondary N) is 2. The van der Waals surface area contributed by atoms with Crippen LogP contribution in [-0.4, -0.2) is 62.9 Å². The van der Waals surface area contributed by atoms with Gasteiger partial charge < -0.3 is 15.4 Å². The topological polar surface area (TPSA) is 48.9 Å². The SMILES string of the molecule is CCNC(=NCC1CCN(CC(F)(F)F)C1)NCCCOc1ccccc1. The molecule has 0 spiro atoms. The molecule has 27 heavy (non-hydrogen) atoms. The molecule has 2 N–H and O–H groups in total. The van der Waals surface area contributed by atoms with E-state index < -0.39 is 12.7 Å². The number of hydrogen-bond acceptors (Lipinski definition) is 3. The van der Waals surface area contributed by atoms with E-state index in [1.165, 1.54) is 4.90 Å². The van der Waals surface area contributed by atoms with E-state index >= 15 is 0 Å². The van der Waals surface area contributed by atoms with Crippen LogP contribution in [0.4, 0.5) is 13.2 Å². The maximum Gasteiger partial charge on any atom is 0.401 e. The van der Waals surface area contributed by atoms with Gasteiger partial charge >= 0.3 is 6.18 Å². The number of guanidine groups is 1. The van der Waals surface area contributed by atoms with E-state index in [-0.39, 0.29) is 5.92 Å². The fraction of sp³-hybridized carbons (Fsp3) is 0.632. The Balaban J connectivity index is 1.66. The van der Waals surface area contributed by atoms with Crippen LogP contribution < -0.4 is 15.4 Å². The predicted molar refractivity (Wildman–Crippen MR) is 101 cm³/mol. The van der Waals surface area contributed by atoms with Gasteiger partial charge in [-0.3, -0.25) is 9.89 Å². The maximum atomic E-state index is 12.5. The molecule has 1 saturated heterocycles. The molecule has 0 saturated carbocycles. The largest absolute Gasteiger partial charge is 0.494 e. The molecule has 1 aliphatic rings. The Kier molecular flexibility index (Phi) is 8.71. The molecular weight excluding hydrogens is 357 g/mol. The molecule has 1 unspecified atom stereocenters. The molecule has 1 aromatic rings.